The molecular formula is C8H13NO9. The first-order chi connectivity index (χ1) is 8.05. The maximum atomic E-state index is 10.3. The Bertz CT molecular complexity index is 321. The van der Waals surface area contributed by atoms with Gasteiger partial charge in [0.1, 0.15) is 0 Å². The van der Waals surface area contributed by atoms with Crippen LogP contribution in [0.1, 0.15) is 12.8 Å². The summed E-state index contributed by atoms with van der Waals surface area (Å²) in [6.07, 6.45) is -2.29. The van der Waals surface area contributed by atoms with E-state index in [1.165, 1.54) is 0 Å². The van der Waals surface area contributed by atoms with Crippen LogP contribution in [0.25, 0.3) is 0 Å². The predicted molar refractivity (Wildman–Crippen MR) is 53.8 cm³/mol. The Morgan fingerprint density at radius 1 is 0.833 bits per heavy atom. The van der Waals surface area contributed by atoms with Crippen LogP contribution >= 0.6 is 0 Å². The van der Waals surface area contributed by atoms with E-state index >= 15 is 0 Å². The molecule has 0 aliphatic carbocycles. The van der Waals surface area contributed by atoms with Crippen LogP contribution in [0.3, 0.4) is 0 Å². The van der Waals surface area contributed by atoms with Crippen LogP contribution in [0.5, 0.6) is 0 Å². The van der Waals surface area contributed by atoms with E-state index in [2.05, 4.69) is 5.73 Å². The SMILES string of the molecule is NCC(=O)O.O=C(O)CC(O)(CC(=O)O)C(=O)O. The third-order valence-electron chi connectivity index (χ3n) is 1.46. The Morgan fingerprint density at radius 2 is 1.11 bits per heavy atom. The number of hydrogen-bond acceptors (Lipinski definition) is 6. The first-order valence-corrected chi connectivity index (χ1v) is 4.36. The molecule has 0 radical (unpaired) electrons. The van der Waals surface area contributed by atoms with E-state index in [9.17, 15) is 19.2 Å². The third kappa shape index (κ3) is 9.06. The fourth-order valence-corrected chi connectivity index (χ4v) is 0.714. The van der Waals surface area contributed by atoms with Crippen LogP contribution in [-0.4, -0.2) is 61.6 Å². The zero-order chi connectivity index (χ0) is 14.9. The van der Waals surface area contributed by atoms with Gasteiger partial charge in [0.2, 0.25) is 0 Å². The first kappa shape index (κ1) is 18.2. The number of hydrogen-bond donors (Lipinski definition) is 6. The summed E-state index contributed by atoms with van der Waals surface area (Å²) in [5, 5.41) is 41.4. The highest BCUT2D eigenvalue weighted by molar-refractivity contribution is 5.88. The van der Waals surface area contributed by atoms with E-state index in [1.807, 2.05) is 0 Å². The number of aliphatic carboxylic acids is 4. The number of carbonyl (C=O) groups is 4. The number of carboxylic acid groups (broad SMARTS) is 4. The van der Waals surface area contributed by atoms with Gasteiger partial charge in [-0.15, -0.1) is 0 Å². The number of aliphatic hydroxyl groups is 1. The normalized spacial score (nSPS) is 9.89. The summed E-state index contributed by atoms with van der Waals surface area (Å²) in [6, 6.07) is 0. The molecule has 104 valence electrons. The lowest BCUT2D eigenvalue weighted by Crippen LogP contribution is -2.42. The molecule has 0 fully saturated rings. The topological polar surface area (TPSA) is 195 Å². The van der Waals surface area contributed by atoms with Gasteiger partial charge in [-0.3, -0.25) is 14.4 Å². The molecule has 10 nitrogen and oxygen atoms in total. The molecule has 0 aromatic carbocycles. The molecule has 0 saturated carbocycles. The number of carboxylic acids is 4. The molecule has 0 amide bonds. The standard InChI is InChI=1S/C6H8O7.C2H5NO2/c7-3(8)1-6(13,5(11)12)2-4(9)10;3-1-2(4)5/h13H,1-2H2,(H,7,8)(H,9,10)(H,11,12);1,3H2,(H,4,5). The predicted octanol–water partition coefficient (Wildman–Crippen LogP) is -2.22. The number of rotatable bonds is 6. The van der Waals surface area contributed by atoms with Crippen molar-refractivity contribution in [2.45, 2.75) is 18.4 Å². The first-order valence-electron chi connectivity index (χ1n) is 4.36. The Labute approximate surface area is 100 Å². The fourth-order valence-electron chi connectivity index (χ4n) is 0.714. The molecule has 18 heavy (non-hydrogen) atoms. The maximum absolute atomic E-state index is 10.3. The van der Waals surface area contributed by atoms with E-state index in [4.69, 9.17) is 25.5 Å². The van der Waals surface area contributed by atoms with Gasteiger partial charge in [-0.2, -0.15) is 0 Å². The zero-order valence-corrected chi connectivity index (χ0v) is 9.07. The minimum Gasteiger partial charge on any atom is -0.481 e. The van der Waals surface area contributed by atoms with Crippen LogP contribution < -0.4 is 5.73 Å². The van der Waals surface area contributed by atoms with Crippen molar-refractivity contribution in [1.29, 1.82) is 0 Å². The second-order valence-electron chi connectivity index (χ2n) is 3.08. The molecular weight excluding hydrogens is 254 g/mol. The lowest BCUT2D eigenvalue weighted by Gasteiger charge is -2.18. The molecule has 0 saturated heterocycles. The monoisotopic (exact) mass is 267 g/mol. The Morgan fingerprint density at radius 3 is 1.22 bits per heavy atom. The summed E-state index contributed by atoms with van der Waals surface area (Å²) in [6.45, 7) is -0.278. The van der Waals surface area contributed by atoms with Crippen molar-refractivity contribution in [2.75, 3.05) is 6.54 Å². The molecule has 0 aromatic rings. The van der Waals surface area contributed by atoms with Crippen molar-refractivity contribution in [3.63, 3.8) is 0 Å². The second-order valence-corrected chi connectivity index (χ2v) is 3.08. The molecule has 0 bridgehead atoms. The summed E-state index contributed by atoms with van der Waals surface area (Å²) in [7, 11) is 0. The summed E-state index contributed by atoms with van der Waals surface area (Å²) in [5.74, 6) is -5.99. The summed E-state index contributed by atoms with van der Waals surface area (Å²) in [4.78, 5) is 39.7. The maximum Gasteiger partial charge on any atom is 0.336 e. The van der Waals surface area contributed by atoms with Gasteiger partial charge in [0.05, 0.1) is 19.4 Å². The summed E-state index contributed by atoms with van der Waals surface area (Å²) < 4.78 is 0. The van der Waals surface area contributed by atoms with Gasteiger partial charge in [0.15, 0.2) is 5.60 Å². The molecule has 0 rings (SSSR count). The molecule has 0 aliphatic heterocycles. The quantitative estimate of drug-likeness (QED) is 0.306. The molecule has 0 aromatic heterocycles. The van der Waals surface area contributed by atoms with Crippen LogP contribution in [0, 0.1) is 0 Å². The van der Waals surface area contributed by atoms with E-state index in [-0.39, 0.29) is 6.54 Å². The molecule has 0 aliphatic rings. The van der Waals surface area contributed by atoms with Gasteiger partial charge in [0.25, 0.3) is 0 Å². The van der Waals surface area contributed by atoms with Crippen LogP contribution in [0.4, 0.5) is 0 Å². The second kappa shape index (κ2) is 7.97. The van der Waals surface area contributed by atoms with Gasteiger partial charge < -0.3 is 31.3 Å². The average molecular weight is 267 g/mol. The van der Waals surface area contributed by atoms with Crippen molar-refractivity contribution < 1.29 is 44.7 Å². The van der Waals surface area contributed by atoms with Gasteiger partial charge in [0, 0.05) is 0 Å². The largest absolute Gasteiger partial charge is 0.481 e. The van der Waals surface area contributed by atoms with Crippen LogP contribution in [-0.2, 0) is 19.2 Å². The highest BCUT2D eigenvalue weighted by atomic mass is 16.4. The lowest BCUT2D eigenvalue weighted by atomic mass is 9.96. The molecule has 7 N–H and O–H groups in total. The summed E-state index contributed by atoms with van der Waals surface area (Å²) >= 11 is 0. The highest BCUT2D eigenvalue weighted by Crippen LogP contribution is 2.15. The lowest BCUT2D eigenvalue weighted by molar-refractivity contribution is -0.170. The van der Waals surface area contributed by atoms with Gasteiger partial charge in [-0.05, 0) is 0 Å². The Hall–Kier alpha value is -2.20. The van der Waals surface area contributed by atoms with Crippen molar-refractivity contribution in [1.82, 2.24) is 0 Å². The molecule has 0 unspecified atom stereocenters. The minimum absolute atomic E-state index is 0.278. The van der Waals surface area contributed by atoms with E-state index in [0.717, 1.165) is 0 Å². The van der Waals surface area contributed by atoms with Crippen LogP contribution in [0.15, 0.2) is 0 Å². The van der Waals surface area contributed by atoms with E-state index in [1.54, 1.807) is 0 Å². The van der Waals surface area contributed by atoms with Gasteiger partial charge in [-0.1, -0.05) is 0 Å². The Balaban J connectivity index is 0. The van der Waals surface area contributed by atoms with E-state index < -0.39 is 42.3 Å². The van der Waals surface area contributed by atoms with E-state index in [0.29, 0.717) is 0 Å². The summed E-state index contributed by atoms with van der Waals surface area (Å²) in [5.41, 5.74) is 1.83. The van der Waals surface area contributed by atoms with Gasteiger partial charge >= 0.3 is 23.9 Å². The van der Waals surface area contributed by atoms with Gasteiger partial charge in [-0.25, -0.2) is 4.79 Å². The van der Waals surface area contributed by atoms with Crippen molar-refractivity contribution in [3.8, 4) is 0 Å². The molecule has 0 atom stereocenters. The molecule has 10 heteroatoms. The molecule has 0 spiro atoms. The number of nitrogens with two attached hydrogens (primary N) is 1. The van der Waals surface area contributed by atoms with Crippen molar-refractivity contribution in [3.05, 3.63) is 0 Å². The smallest absolute Gasteiger partial charge is 0.336 e. The third-order valence-corrected chi connectivity index (χ3v) is 1.46. The zero-order valence-electron chi connectivity index (χ0n) is 9.07. The van der Waals surface area contributed by atoms with Crippen molar-refractivity contribution >= 4 is 23.9 Å². The van der Waals surface area contributed by atoms with Crippen LogP contribution in [0.2, 0.25) is 0 Å². The average Bonchev–Trinajstić information content (AvgIpc) is 2.15. The highest BCUT2D eigenvalue weighted by Gasteiger charge is 2.40. The molecule has 0 heterocycles. The fraction of sp³-hybridized carbons (Fsp3) is 0.500. The minimum atomic E-state index is -2.74. The Kier molecular flexibility index (Phi) is 8.05. The van der Waals surface area contributed by atoms with Crippen molar-refractivity contribution in [2.24, 2.45) is 5.73 Å².